The molecular formula is C17H34N2. The Morgan fingerprint density at radius 1 is 1.32 bits per heavy atom. The molecule has 2 fully saturated rings. The van der Waals surface area contributed by atoms with E-state index in [-0.39, 0.29) is 0 Å². The van der Waals surface area contributed by atoms with E-state index < -0.39 is 0 Å². The lowest BCUT2D eigenvalue weighted by Gasteiger charge is -2.30. The molecule has 19 heavy (non-hydrogen) atoms. The summed E-state index contributed by atoms with van der Waals surface area (Å²) in [6.07, 6.45) is 8.38. The van der Waals surface area contributed by atoms with Crippen LogP contribution in [0.15, 0.2) is 0 Å². The van der Waals surface area contributed by atoms with E-state index in [9.17, 15) is 0 Å². The first-order chi connectivity index (χ1) is 9.19. The molecule has 2 heteroatoms. The standard InChI is InChI=1S/C17H34N2/c1-4-17(5-2)9-12-19(14-17)11-8-15(3)16-7-6-10-18-13-16/h15-16,18H,4-14H2,1-3H3. The largest absolute Gasteiger partial charge is 0.316 e. The molecule has 2 atom stereocenters. The highest BCUT2D eigenvalue weighted by Crippen LogP contribution is 2.37. The Hall–Kier alpha value is -0.0800. The van der Waals surface area contributed by atoms with Gasteiger partial charge in [0, 0.05) is 6.54 Å². The Bertz CT molecular complexity index is 254. The molecule has 2 nitrogen and oxygen atoms in total. The number of likely N-dealkylation sites (tertiary alicyclic amines) is 1. The van der Waals surface area contributed by atoms with E-state index in [1.165, 1.54) is 71.2 Å². The molecule has 0 radical (unpaired) electrons. The summed E-state index contributed by atoms with van der Waals surface area (Å²) in [6.45, 7) is 13.8. The van der Waals surface area contributed by atoms with E-state index in [2.05, 4.69) is 31.0 Å². The molecule has 0 spiro atoms. The topological polar surface area (TPSA) is 15.3 Å². The van der Waals surface area contributed by atoms with Crippen LogP contribution in [0.1, 0.15) is 59.3 Å². The third-order valence-electron chi connectivity index (χ3n) is 6.06. The van der Waals surface area contributed by atoms with Crippen molar-refractivity contribution in [3.05, 3.63) is 0 Å². The zero-order valence-electron chi connectivity index (χ0n) is 13.4. The van der Waals surface area contributed by atoms with Crippen LogP contribution in [0.3, 0.4) is 0 Å². The minimum absolute atomic E-state index is 0.648. The van der Waals surface area contributed by atoms with Crippen molar-refractivity contribution >= 4 is 0 Å². The molecule has 2 rings (SSSR count). The van der Waals surface area contributed by atoms with Gasteiger partial charge in [0.25, 0.3) is 0 Å². The number of nitrogens with zero attached hydrogens (tertiary/aromatic N) is 1. The molecule has 2 aliphatic heterocycles. The average molecular weight is 266 g/mol. The van der Waals surface area contributed by atoms with Gasteiger partial charge in [-0.2, -0.15) is 0 Å². The van der Waals surface area contributed by atoms with Gasteiger partial charge >= 0.3 is 0 Å². The van der Waals surface area contributed by atoms with Crippen molar-refractivity contribution in [2.45, 2.75) is 59.3 Å². The molecule has 0 aromatic carbocycles. The summed E-state index contributed by atoms with van der Waals surface area (Å²) < 4.78 is 0. The maximum Gasteiger partial charge on any atom is 0.00382 e. The predicted octanol–water partition coefficient (Wildman–Crippen LogP) is 3.52. The van der Waals surface area contributed by atoms with Crippen molar-refractivity contribution in [1.82, 2.24) is 10.2 Å². The molecule has 2 aliphatic rings. The van der Waals surface area contributed by atoms with E-state index in [0.717, 1.165) is 11.8 Å². The molecule has 0 aliphatic carbocycles. The first-order valence-electron chi connectivity index (χ1n) is 8.62. The van der Waals surface area contributed by atoms with Gasteiger partial charge in [0.05, 0.1) is 0 Å². The Kier molecular flexibility index (Phi) is 5.70. The highest BCUT2D eigenvalue weighted by Gasteiger charge is 2.34. The summed E-state index contributed by atoms with van der Waals surface area (Å²) in [5, 5.41) is 3.56. The maximum absolute atomic E-state index is 3.56. The van der Waals surface area contributed by atoms with Crippen LogP contribution < -0.4 is 5.32 Å². The van der Waals surface area contributed by atoms with E-state index in [4.69, 9.17) is 0 Å². The lowest BCUT2D eigenvalue weighted by molar-refractivity contribution is 0.207. The number of piperidine rings is 1. The lowest BCUT2D eigenvalue weighted by atomic mass is 9.82. The van der Waals surface area contributed by atoms with Crippen LogP contribution in [0.25, 0.3) is 0 Å². The van der Waals surface area contributed by atoms with Gasteiger partial charge in [0.15, 0.2) is 0 Å². The van der Waals surface area contributed by atoms with Crippen LogP contribution in [0.2, 0.25) is 0 Å². The minimum Gasteiger partial charge on any atom is -0.316 e. The summed E-state index contributed by atoms with van der Waals surface area (Å²) in [5.41, 5.74) is 0.648. The van der Waals surface area contributed by atoms with Crippen molar-refractivity contribution < 1.29 is 0 Å². The van der Waals surface area contributed by atoms with E-state index in [0.29, 0.717) is 5.41 Å². The molecule has 112 valence electrons. The zero-order valence-corrected chi connectivity index (χ0v) is 13.4. The van der Waals surface area contributed by atoms with Crippen LogP contribution >= 0.6 is 0 Å². The minimum atomic E-state index is 0.648. The summed E-state index contributed by atoms with van der Waals surface area (Å²) in [7, 11) is 0. The van der Waals surface area contributed by atoms with Crippen molar-refractivity contribution in [2.75, 3.05) is 32.7 Å². The lowest BCUT2D eigenvalue weighted by Crippen LogP contribution is -2.35. The monoisotopic (exact) mass is 266 g/mol. The number of hydrogen-bond donors (Lipinski definition) is 1. The van der Waals surface area contributed by atoms with Crippen molar-refractivity contribution in [1.29, 1.82) is 0 Å². The molecule has 1 N–H and O–H groups in total. The van der Waals surface area contributed by atoms with Crippen LogP contribution in [0.5, 0.6) is 0 Å². The highest BCUT2D eigenvalue weighted by atomic mass is 15.2. The molecule has 2 heterocycles. The van der Waals surface area contributed by atoms with Gasteiger partial charge in [-0.25, -0.2) is 0 Å². The number of rotatable bonds is 6. The Morgan fingerprint density at radius 3 is 2.68 bits per heavy atom. The fraction of sp³-hybridized carbons (Fsp3) is 1.00. The van der Waals surface area contributed by atoms with Crippen molar-refractivity contribution in [2.24, 2.45) is 17.3 Å². The summed E-state index contributed by atoms with van der Waals surface area (Å²) in [4.78, 5) is 2.74. The molecule has 0 aromatic heterocycles. The second kappa shape index (κ2) is 7.08. The van der Waals surface area contributed by atoms with Gasteiger partial charge in [0.2, 0.25) is 0 Å². The second-order valence-electron chi connectivity index (χ2n) is 7.11. The molecule has 0 saturated carbocycles. The molecule has 2 saturated heterocycles. The first-order valence-corrected chi connectivity index (χ1v) is 8.62. The SMILES string of the molecule is CCC1(CC)CCN(CCC(C)C2CCCNC2)C1. The molecule has 2 unspecified atom stereocenters. The number of hydrogen-bond acceptors (Lipinski definition) is 2. The highest BCUT2D eigenvalue weighted by molar-refractivity contribution is 4.88. The summed E-state index contributed by atoms with van der Waals surface area (Å²) in [5.74, 6) is 1.82. The maximum atomic E-state index is 3.56. The van der Waals surface area contributed by atoms with E-state index >= 15 is 0 Å². The molecule has 0 aromatic rings. The van der Waals surface area contributed by atoms with Gasteiger partial charge in [0.1, 0.15) is 0 Å². The Labute approximate surface area is 120 Å². The smallest absolute Gasteiger partial charge is 0.00382 e. The van der Waals surface area contributed by atoms with Gasteiger partial charge < -0.3 is 10.2 Å². The molecule has 0 bridgehead atoms. The molecular weight excluding hydrogens is 232 g/mol. The van der Waals surface area contributed by atoms with Crippen LogP contribution in [0, 0.1) is 17.3 Å². The Morgan fingerprint density at radius 2 is 2.11 bits per heavy atom. The van der Waals surface area contributed by atoms with Gasteiger partial charge in [-0.1, -0.05) is 20.8 Å². The first kappa shape index (κ1) is 15.3. The van der Waals surface area contributed by atoms with E-state index in [1.54, 1.807) is 0 Å². The van der Waals surface area contributed by atoms with Crippen LogP contribution in [-0.4, -0.2) is 37.6 Å². The van der Waals surface area contributed by atoms with Gasteiger partial charge in [-0.3, -0.25) is 0 Å². The average Bonchev–Trinajstić information content (AvgIpc) is 2.90. The van der Waals surface area contributed by atoms with Gasteiger partial charge in [-0.15, -0.1) is 0 Å². The predicted molar refractivity (Wildman–Crippen MR) is 83.4 cm³/mol. The fourth-order valence-corrected chi connectivity index (χ4v) is 4.03. The fourth-order valence-electron chi connectivity index (χ4n) is 4.03. The van der Waals surface area contributed by atoms with Gasteiger partial charge in [-0.05, 0) is 82.0 Å². The quantitative estimate of drug-likeness (QED) is 0.791. The van der Waals surface area contributed by atoms with Crippen molar-refractivity contribution in [3.63, 3.8) is 0 Å². The third kappa shape index (κ3) is 3.95. The van der Waals surface area contributed by atoms with Crippen LogP contribution in [0.4, 0.5) is 0 Å². The summed E-state index contributed by atoms with van der Waals surface area (Å²) >= 11 is 0. The van der Waals surface area contributed by atoms with Crippen LogP contribution in [-0.2, 0) is 0 Å². The zero-order chi connectivity index (χ0) is 13.7. The van der Waals surface area contributed by atoms with Crippen molar-refractivity contribution in [3.8, 4) is 0 Å². The number of nitrogens with one attached hydrogen (secondary N) is 1. The second-order valence-corrected chi connectivity index (χ2v) is 7.11. The Balaban J connectivity index is 1.71. The normalized spacial score (nSPS) is 29.5. The third-order valence-corrected chi connectivity index (χ3v) is 6.06. The molecule has 0 amide bonds. The summed E-state index contributed by atoms with van der Waals surface area (Å²) in [6, 6.07) is 0. The van der Waals surface area contributed by atoms with E-state index in [1.807, 2.05) is 0 Å².